The van der Waals surface area contributed by atoms with Gasteiger partial charge in [-0.05, 0) is 75.3 Å². The molecule has 3 aromatic heterocycles. The number of nitrogens with zero attached hydrogens (tertiary/aromatic N) is 4. The second kappa shape index (κ2) is 11.0. The fourth-order valence-electron chi connectivity index (χ4n) is 4.34. The monoisotopic (exact) mass is 489 g/mol. The molecule has 1 aliphatic rings. The van der Waals surface area contributed by atoms with Crippen LogP contribution in [0.25, 0.3) is 11.0 Å². The van der Waals surface area contributed by atoms with Crippen LogP contribution in [0.3, 0.4) is 0 Å². The van der Waals surface area contributed by atoms with E-state index < -0.39 is 11.8 Å². The predicted octanol–water partition coefficient (Wildman–Crippen LogP) is 4.94. The maximum absolute atomic E-state index is 14.6. The predicted molar refractivity (Wildman–Crippen MR) is 137 cm³/mol. The highest BCUT2D eigenvalue weighted by molar-refractivity contribution is 5.90. The lowest BCUT2D eigenvalue weighted by molar-refractivity contribution is 0.252. The lowest BCUT2D eigenvalue weighted by Gasteiger charge is -2.14. The normalized spacial score (nSPS) is 14.0. The third kappa shape index (κ3) is 5.72. The smallest absolute Gasteiger partial charge is 0.339 e. The fourth-order valence-corrected chi connectivity index (χ4v) is 4.34. The number of anilines is 1. The van der Waals surface area contributed by atoms with Crippen LogP contribution in [0.5, 0.6) is 11.5 Å². The minimum atomic E-state index is -0.608. The van der Waals surface area contributed by atoms with Crippen LogP contribution in [-0.2, 0) is 6.54 Å². The van der Waals surface area contributed by atoms with E-state index in [4.69, 9.17) is 4.74 Å². The summed E-state index contributed by atoms with van der Waals surface area (Å²) >= 11 is 0. The quantitative estimate of drug-likeness (QED) is 0.229. The van der Waals surface area contributed by atoms with E-state index in [0.29, 0.717) is 11.4 Å². The summed E-state index contributed by atoms with van der Waals surface area (Å²) < 4.78 is 22.5. The summed E-state index contributed by atoms with van der Waals surface area (Å²) in [6.07, 6.45) is 10.6. The third-order valence-corrected chi connectivity index (χ3v) is 6.13. The van der Waals surface area contributed by atoms with Crippen LogP contribution in [0.15, 0.2) is 66.2 Å². The van der Waals surface area contributed by atoms with Crippen LogP contribution in [0.1, 0.15) is 25.0 Å². The van der Waals surface area contributed by atoms with E-state index in [2.05, 4.69) is 35.3 Å². The molecule has 0 aliphatic carbocycles. The molecule has 4 aromatic rings. The second-order valence-corrected chi connectivity index (χ2v) is 8.65. The molecule has 0 spiro atoms. The number of halogens is 1. The van der Waals surface area contributed by atoms with Crippen LogP contribution >= 0.6 is 0 Å². The molecule has 5 rings (SSSR count). The van der Waals surface area contributed by atoms with Crippen LogP contribution < -0.4 is 15.5 Å². The topological polar surface area (TPSA) is 99.6 Å². The number of likely N-dealkylation sites (tertiary alicyclic amines) is 1. The first kappa shape index (κ1) is 23.6. The molecule has 0 bridgehead atoms. The van der Waals surface area contributed by atoms with E-state index in [0.717, 1.165) is 30.6 Å². The number of H-pyrrole nitrogens is 1. The Morgan fingerprint density at radius 1 is 1.17 bits per heavy atom. The Morgan fingerprint density at radius 2 is 2.06 bits per heavy atom. The molecule has 10 heteroatoms. The van der Waals surface area contributed by atoms with Gasteiger partial charge in [0.15, 0.2) is 11.6 Å². The number of aromatic nitrogens is 3. The first-order valence-corrected chi connectivity index (χ1v) is 12.0. The summed E-state index contributed by atoms with van der Waals surface area (Å²) in [6.45, 7) is 4.37. The van der Waals surface area contributed by atoms with Crippen molar-refractivity contribution in [2.45, 2.75) is 25.8 Å². The molecule has 1 fully saturated rings. The molecule has 0 unspecified atom stereocenters. The summed E-state index contributed by atoms with van der Waals surface area (Å²) in [5, 5.41) is 7.35. The number of benzene rings is 1. The lowest BCUT2D eigenvalue weighted by Crippen LogP contribution is -2.24. The van der Waals surface area contributed by atoms with Crippen molar-refractivity contribution in [3.8, 4) is 11.5 Å². The number of amides is 2. The molecule has 1 aliphatic heterocycles. The van der Waals surface area contributed by atoms with Crippen molar-refractivity contribution >= 4 is 29.0 Å². The number of hydrogen-bond acceptors (Lipinski definition) is 5. The van der Waals surface area contributed by atoms with E-state index in [-0.39, 0.29) is 11.4 Å². The zero-order valence-corrected chi connectivity index (χ0v) is 19.8. The molecule has 1 saturated heterocycles. The van der Waals surface area contributed by atoms with Gasteiger partial charge in [-0.25, -0.2) is 19.6 Å². The van der Waals surface area contributed by atoms with Gasteiger partial charge in [-0.3, -0.25) is 0 Å². The number of carbonyl (C=O) groups is 1. The highest BCUT2D eigenvalue weighted by Crippen LogP contribution is 2.31. The molecule has 0 atom stereocenters. The van der Waals surface area contributed by atoms with E-state index in [1.165, 1.54) is 38.1 Å². The SMILES string of the molecule is O=C(N/N=C/c1cccn1CCCN1CCCC1)Nc1ccc(Oc2ccnc3[nH]ccc23)c(F)c1. The van der Waals surface area contributed by atoms with Crippen molar-refractivity contribution < 1.29 is 13.9 Å². The van der Waals surface area contributed by atoms with Gasteiger partial charge in [-0.15, -0.1) is 0 Å². The maximum atomic E-state index is 14.6. The summed E-state index contributed by atoms with van der Waals surface area (Å²) in [4.78, 5) is 21.9. The Kier molecular flexibility index (Phi) is 7.23. The molecule has 9 nitrogen and oxygen atoms in total. The minimum Gasteiger partial charge on any atom is -0.453 e. The molecule has 2 amide bonds. The highest BCUT2D eigenvalue weighted by Gasteiger charge is 2.12. The second-order valence-electron chi connectivity index (χ2n) is 8.65. The number of aromatic amines is 1. The van der Waals surface area contributed by atoms with Crippen molar-refractivity contribution in [3.05, 3.63) is 72.6 Å². The number of carbonyl (C=O) groups excluding carboxylic acids is 1. The summed E-state index contributed by atoms with van der Waals surface area (Å²) in [6, 6.07) is 11.0. The van der Waals surface area contributed by atoms with Crippen LogP contribution in [0.4, 0.5) is 14.9 Å². The Morgan fingerprint density at radius 3 is 2.92 bits per heavy atom. The molecule has 3 N–H and O–H groups in total. The number of fused-ring (bicyclic) bond motifs is 1. The van der Waals surface area contributed by atoms with Gasteiger partial charge in [0.05, 0.1) is 17.3 Å². The number of urea groups is 1. The molecular formula is C26H28FN7O2. The van der Waals surface area contributed by atoms with E-state index in [9.17, 15) is 9.18 Å². The van der Waals surface area contributed by atoms with Gasteiger partial charge in [0.1, 0.15) is 11.4 Å². The Hall–Kier alpha value is -4.18. The standard InChI is InChI=1S/C26H28FN7O2/c27-22-17-19(6-7-24(22)36-23-9-11-29-25-21(23)8-10-28-25)31-26(35)32-30-18-20-5-3-15-34(20)16-4-14-33-12-1-2-13-33/h3,5-11,15,17-18H,1-2,4,12-14,16H2,(H,28,29)(H2,31,32,35)/b30-18+. The zero-order valence-electron chi connectivity index (χ0n) is 19.8. The Labute approximate surface area is 208 Å². The summed E-state index contributed by atoms with van der Waals surface area (Å²) in [5.74, 6) is -0.0875. The Balaban J connectivity index is 1.12. The largest absolute Gasteiger partial charge is 0.453 e. The zero-order chi connectivity index (χ0) is 24.7. The van der Waals surface area contributed by atoms with Crippen molar-refractivity contribution in [1.29, 1.82) is 0 Å². The first-order valence-electron chi connectivity index (χ1n) is 12.0. The molecule has 1 aromatic carbocycles. The molecule has 0 radical (unpaired) electrons. The van der Waals surface area contributed by atoms with Crippen LogP contribution in [0.2, 0.25) is 0 Å². The average Bonchev–Trinajstić information content (AvgIpc) is 3.64. The minimum absolute atomic E-state index is 0.0400. The molecule has 4 heterocycles. The van der Waals surface area contributed by atoms with Crippen molar-refractivity contribution in [3.63, 3.8) is 0 Å². The van der Waals surface area contributed by atoms with E-state index in [1.807, 2.05) is 24.4 Å². The number of hydrogen-bond donors (Lipinski definition) is 3. The van der Waals surface area contributed by atoms with Gasteiger partial charge in [0.25, 0.3) is 0 Å². The van der Waals surface area contributed by atoms with Gasteiger partial charge in [0, 0.05) is 36.9 Å². The molecular weight excluding hydrogens is 461 g/mol. The van der Waals surface area contributed by atoms with Gasteiger partial charge >= 0.3 is 6.03 Å². The third-order valence-electron chi connectivity index (χ3n) is 6.13. The van der Waals surface area contributed by atoms with Gasteiger partial charge in [0.2, 0.25) is 0 Å². The lowest BCUT2D eigenvalue weighted by atomic mass is 10.2. The molecule has 36 heavy (non-hydrogen) atoms. The average molecular weight is 490 g/mol. The molecule has 186 valence electrons. The number of rotatable bonds is 9. The van der Waals surface area contributed by atoms with Crippen LogP contribution in [0, 0.1) is 5.82 Å². The van der Waals surface area contributed by atoms with Crippen LogP contribution in [-0.4, -0.2) is 51.3 Å². The van der Waals surface area contributed by atoms with Gasteiger partial charge in [-0.2, -0.15) is 5.10 Å². The van der Waals surface area contributed by atoms with E-state index in [1.54, 1.807) is 30.7 Å². The molecule has 0 saturated carbocycles. The van der Waals surface area contributed by atoms with Crippen molar-refractivity contribution in [2.75, 3.05) is 25.0 Å². The van der Waals surface area contributed by atoms with Gasteiger partial charge in [-0.1, -0.05) is 0 Å². The number of pyridine rings is 1. The fraction of sp³-hybridized carbons (Fsp3) is 0.269. The maximum Gasteiger partial charge on any atom is 0.339 e. The Bertz CT molecular complexity index is 1360. The summed E-state index contributed by atoms with van der Waals surface area (Å²) in [5.41, 5.74) is 4.25. The number of aryl methyl sites for hydroxylation is 1. The van der Waals surface area contributed by atoms with Crippen molar-refractivity contribution in [2.24, 2.45) is 5.10 Å². The number of hydrazone groups is 1. The number of ether oxygens (including phenoxy) is 1. The summed E-state index contributed by atoms with van der Waals surface area (Å²) in [7, 11) is 0. The van der Waals surface area contributed by atoms with Crippen molar-refractivity contribution in [1.82, 2.24) is 24.9 Å². The highest BCUT2D eigenvalue weighted by atomic mass is 19.1. The van der Waals surface area contributed by atoms with E-state index >= 15 is 0 Å². The first-order chi connectivity index (χ1) is 17.7. The number of nitrogens with one attached hydrogen (secondary N) is 3. The van der Waals surface area contributed by atoms with Gasteiger partial charge < -0.3 is 24.5 Å².